The smallest absolute Gasteiger partial charge is 0.0514 e. The van der Waals surface area contributed by atoms with Crippen LogP contribution in [0.5, 0.6) is 0 Å². The van der Waals surface area contributed by atoms with Crippen LogP contribution in [-0.4, -0.2) is 22.3 Å². The van der Waals surface area contributed by atoms with Crippen molar-refractivity contribution in [2.75, 3.05) is 12.8 Å². The summed E-state index contributed by atoms with van der Waals surface area (Å²) < 4.78 is 12.4. The van der Waals surface area contributed by atoms with Crippen LogP contribution in [-0.2, 0) is 10.8 Å². The number of benzene rings is 1. The minimum absolute atomic E-state index is 0.127. The zero-order valence-corrected chi connectivity index (χ0v) is 13.6. The van der Waals surface area contributed by atoms with E-state index < -0.39 is 10.8 Å². The Bertz CT molecular complexity index is 402. The molecular weight excluding hydrogens is 254 g/mol. The second-order valence-electron chi connectivity index (χ2n) is 5.44. The highest BCUT2D eigenvalue weighted by Gasteiger charge is 2.23. The fraction of sp³-hybridized carbons (Fsp3) is 0.625. The molecule has 1 rings (SSSR count). The van der Waals surface area contributed by atoms with Crippen LogP contribution in [0.3, 0.4) is 0 Å². The molecule has 4 atom stereocenters. The van der Waals surface area contributed by atoms with E-state index in [0.29, 0.717) is 5.92 Å². The van der Waals surface area contributed by atoms with Crippen LogP contribution in [0.25, 0.3) is 0 Å². The number of hydrogen-bond donors (Lipinski definition) is 1. The summed E-state index contributed by atoms with van der Waals surface area (Å²) in [5, 5.41) is 3.44. The molecule has 0 amide bonds. The normalized spacial score (nSPS) is 17.7. The van der Waals surface area contributed by atoms with E-state index in [1.807, 2.05) is 7.05 Å². The Labute approximate surface area is 120 Å². The SMILES string of the molecule is CCC(C)CS(=O)C(C)C(NC)c1ccc(C)cc1. The monoisotopic (exact) mass is 281 g/mol. The molecule has 1 N–H and O–H groups in total. The molecule has 4 unspecified atom stereocenters. The molecule has 0 spiro atoms. The molecule has 19 heavy (non-hydrogen) atoms. The van der Waals surface area contributed by atoms with Crippen molar-refractivity contribution in [1.82, 2.24) is 5.32 Å². The lowest BCUT2D eigenvalue weighted by Crippen LogP contribution is -2.32. The van der Waals surface area contributed by atoms with E-state index in [1.54, 1.807) is 0 Å². The summed E-state index contributed by atoms with van der Waals surface area (Å²) in [4.78, 5) is 0. The van der Waals surface area contributed by atoms with Crippen molar-refractivity contribution in [3.8, 4) is 0 Å². The van der Waals surface area contributed by atoms with Crippen LogP contribution in [0, 0.1) is 12.8 Å². The summed E-state index contributed by atoms with van der Waals surface area (Å²) in [6, 6.07) is 8.65. The Hall–Kier alpha value is -0.670. The lowest BCUT2D eigenvalue weighted by atomic mass is 10.0. The first kappa shape index (κ1) is 16.4. The fourth-order valence-corrected chi connectivity index (χ4v) is 3.84. The summed E-state index contributed by atoms with van der Waals surface area (Å²) in [6.07, 6.45) is 1.09. The summed E-state index contributed by atoms with van der Waals surface area (Å²) in [6.45, 7) is 8.50. The van der Waals surface area contributed by atoms with E-state index in [2.05, 4.69) is 57.3 Å². The molecule has 0 saturated heterocycles. The third kappa shape index (κ3) is 4.73. The summed E-state index contributed by atoms with van der Waals surface area (Å²) in [5.41, 5.74) is 2.48. The molecule has 0 bridgehead atoms. The molecular formula is C16H27NOS. The average molecular weight is 281 g/mol. The Morgan fingerprint density at radius 2 is 1.79 bits per heavy atom. The molecule has 0 aliphatic carbocycles. The van der Waals surface area contributed by atoms with Crippen LogP contribution < -0.4 is 5.32 Å². The second kappa shape index (κ2) is 7.81. The quantitative estimate of drug-likeness (QED) is 0.829. The predicted molar refractivity (Wildman–Crippen MR) is 84.9 cm³/mol. The second-order valence-corrected chi connectivity index (χ2v) is 7.28. The third-order valence-corrected chi connectivity index (χ3v) is 5.78. The number of hydrogen-bond acceptors (Lipinski definition) is 2. The highest BCUT2D eigenvalue weighted by atomic mass is 32.2. The first-order valence-corrected chi connectivity index (χ1v) is 8.48. The van der Waals surface area contributed by atoms with Gasteiger partial charge < -0.3 is 5.32 Å². The van der Waals surface area contributed by atoms with Gasteiger partial charge in [-0.2, -0.15) is 0 Å². The molecule has 0 aliphatic heterocycles. The molecule has 0 saturated carbocycles. The zero-order chi connectivity index (χ0) is 14.4. The maximum absolute atomic E-state index is 12.4. The van der Waals surface area contributed by atoms with Gasteiger partial charge in [-0.05, 0) is 32.4 Å². The van der Waals surface area contributed by atoms with E-state index in [-0.39, 0.29) is 11.3 Å². The van der Waals surface area contributed by atoms with E-state index in [1.165, 1.54) is 11.1 Å². The van der Waals surface area contributed by atoms with Crippen LogP contribution in [0.4, 0.5) is 0 Å². The Morgan fingerprint density at radius 3 is 2.26 bits per heavy atom. The van der Waals surface area contributed by atoms with Gasteiger partial charge in [-0.25, -0.2) is 0 Å². The molecule has 2 nitrogen and oxygen atoms in total. The highest BCUT2D eigenvalue weighted by molar-refractivity contribution is 7.85. The minimum atomic E-state index is -0.793. The molecule has 0 radical (unpaired) electrons. The van der Waals surface area contributed by atoms with Crippen molar-refractivity contribution in [2.24, 2.45) is 5.92 Å². The van der Waals surface area contributed by atoms with Crippen LogP contribution in [0.1, 0.15) is 44.4 Å². The summed E-state index contributed by atoms with van der Waals surface area (Å²) >= 11 is 0. The lowest BCUT2D eigenvalue weighted by Gasteiger charge is -2.24. The first-order chi connectivity index (χ1) is 8.99. The minimum Gasteiger partial charge on any atom is -0.312 e. The van der Waals surface area contributed by atoms with Gasteiger partial charge in [0.1, 0.15) is 0 Å². The van der Waals surface area contributed by atoms with Crippen molar-refractivity contribution < 1.29 is 4.21 Å². The summed E-state index contributed by atoms with van der Waals surface area (Å²) in [5.74, 6) is 1.32. The first-order valence-electron chi connectivity index (χ1n) is 7.10. The number of nitrogens with one attached hydrogen (secondary N) is 1. The van der Waals surface area contributed by atoms with Crippen molar-refractivity contribution >= 4 is 10.8 Å². The number of aryl methyl sites for hydroxylation is 1. The van der Waals surface area contributed by atoms with Gasteiger partial charge in [0.2, 0.25) is 0 Å². The topological polar surface area (TPSA) is 29.1 Å². The van der Waals surface area contributed by atoms with Gasteiger partial charge in [0.05, 0.1) is 5.25 Å². The van der Waals surface area contributed by atoms with Gasteiger partial charge in [0.15, 0.2) is 0 Å². The van der Waals surface area contributed by atoms with Crippen LogP contribution in [0.15, 0.2) is 24.3 Å². The lowest BCUT2D eigenvalue weighted by molar-refractivity contribution is 0.558. The molecule has 0 aromatic heterocycles. The number of rotatable bonds is 7. The van der Waals surface area contributed by atoms with Gasteiger partial charge in [-0.15, -0.1) is 0 Å². The van der Waals surface area contributed by atoms with Gasteiger partial charge in [-0.3, -0.25) is 4.21 Å². The summed E-state index contributed by atoms with van der Waals surface area (Å²) in [7, 11) is 1.15. The van der Waals surface area contributed by atoms with E-state index in [0.717, 1.165) is 12.2 Å². The van der Waals surface area contributed by atoms with Crippen LogP contribution >= 0.6 is 0 Å². The molecule has 1 aromatic rings. The van der Waals surface area contributed by atoms with Crippen molar-refractivity contribution in [1.29, 1.82) is 0 Å². The molecule has 108 valence electrons. The zero-order valence-electron chi connectivity index (χ0n) is 12.8. The van der Waals surface area contributed by atoms with Crippen LogP contribution in [0.2, 0.25) is 0 Å². The maximum atomic E-state index is 12.4. The molecule has 0 heterocycles. The van der Waals surface area contributed by atoms with Gasteiger partial charge in [-0.1, -0.05) is 50.1 Å². The Kier molecular flexibility index (Phi) is 6.73. The Balaban J connectivity index is 2.78. The van der Waals surface area contributed by atoms with Gasteiger partial charge in [0, 0.05) is 22.6 Å². The van der Waals surface area contributed by atoms with Crippen molar-refractivity contribution in [2.45, 2.75) is 45.4 Å². The maximum Gasteiger partial charge on any atom is 0.0514 e. The van der Waals surface area contributed by atoms with E-state index in [4.69, 9.17) is 0 Å². The molecule has 3 heteroatoms. The third-order valence-electron chi connectivity index (χ3n) is 3.78. The average Bonchev–Trinajstić information content (AvgIpc) is 2.41. The predicted octanol–water partition coefficient (Wildman–Crippen LogP) is 3.44. The standard InChI is InChI=1S/C16H27NOS/c1-6-12(2)11-19(18)14(4)16(17-5)15-9-7-13(3)8-10-15/h7-10,12,14,16-17H,6,11H2,1-5H3. The van der Waals surface area contributed by atoms with E-state index >= 15 is 0 Å². The van der Waals surface area contributed by atoms with Crippen molar-refractivity contribution in [3.05, 3.63) is 35.4 Å². The molecule has 0 fully saturated rings. The van der Waals surface area contributed by atoms with Gasteiger partial charge in [0.25, 0.3) is 0 Å². The Morgan fingerprint density at radius 1 is 1.21 bits per heavy atom. The van der Waals surface area contributed by atoms with E-state index in [9.17, 15) is 4.21 Å². The largest absolute Gasteiger partial charge is 0.312 e. The molecule has 0 aliphatic rings. The molecule has 1 aromatic carbocycles. The van der Waals surface area contributed by atoms with Gasteiger partial charge >= 0.3 is 0 Å². The fourth-order valence-electron chi connectivity index (χ4n) is 2.15. The highest BCUT2D eigenvalue weighted by Crippen LogP contribution is 2.22. The van der Waals surface area contributed by atoms with Crippen molar-refractivity contribution in [3.63, 3.8) is 0 Å².